The van der Waals surface area contributed by atoms with Gasteiger partial charge in [-0.3, -0.25) is 14.6 Å². The number of hydrogen-bond acceptors (Lipinski definition) is 8. The average Bonchev–Trinajstić information content (AvgIpc) is 3.29. The zero-order chi connectivity index (χ0) is 21.5. The maximum Gasteiger partial charge on any atom is 0.241 e. The van der Waals surface area contributed by atoms with Crippen molar-refractivity contribution in [3.8, 4) is 17.1 Å². The van der Waals surface area contributed by atoms with Gasteiger partial charge in [-0.2, -0.15) is 4.98 Å². The first-order valence-corrected chi connectivity index (χ1v) is 11.0. The first kappa shape index (κ1) is 21.7. The Bertz CT molecular complexity index is 827. The quantitative estimate of drug-likeness (QED) is 0.673. The molecule has 0 bridgehead atoms. The fourth-order valence-corrected chi connectivity index (χ4v) is 4.03. The van der Waals surface area contributed by atoms with Gasteiger partial charge in [0.25, 0.3) is 0 Å². The molecule has 0 unspecified atom stereocenters. The van der Waals surface area contributed by atoms with Crippen molar-refractivity contribution in [2.45, 2.75) is 19.4 Å². The van der Waals surface area contributed by atoms with E-state index in [-0.39, 0.29) is 11.8 Å². The number of ether oxygens (including phenoxy) is 2. The van der Waals surface area contributed by atoms with Crippen molar-refractivity contribution in [1.82, 2.24) is 25.3 Å². The summed E-state index contributed by atoms with van der Waals surface area (Å²) < 4.78 is 16.0. The summed E-state index contributed by atoms with van der Waals surface area (Å²) in [6, 6.07) is 7.58. The number of carbonyl (C=O) groups excluding carboxylic acids is 1. The van der Waals surface area contributed by atoms with E-state index in [0.29, 0.717) is 24.8 Å². The molecule has 2 aliphatic heterocycles. The molecule has 1 N–H and O–H groups in total. The van der Waals surface area contributed by atoms with Crippen LogP contribution in [0.1, 0.15) is 18.7 Å². The van der Waals surface area contributed by atoms with Crippen molar-refractivity contribution in [3.05, 3.63) is 30.2 Å². The molecule has 9 nitrogen and oxygen atoms in total. The molecule has 0 atom stereocenters. The molecule has 0 aliphatic carbocycles. The van der Waals surface area contributed by atoms with E-state index in [0.717, 1.165) is 70.1 Å². The molecule has 0 radical (unpaired) electrons. The smallest absolute Gasteiger partial charge is 0.241 e. The molecule has 0 spiro atoms. The fraction of sp³-hybridized carbons (Fsp3) is 0.591. The molecule has 168 valence electrons. The van der Waals surface area contributed by atoms with Gasteiger partial charge in [0.15, 0.2) is 0 Å². The van der Waals surface area contributed by atoms with Crippen LogP contribution in [0.5, 0.6) is 5.75 Å². The molecule has 3 heterocycles. The van der Waals surface area contributed by atoms with Gasteiger partial charge in [0.1, 0.15) is 5.75 Å². The number of piperidine rings is 1. The van der Waals surface area contributed by atoms with Crippen molar-refractivity contribution in [2.24, 2.45) is 5.92 Å². The predicted molar refractivity (Wildman–Crippen MR) is 115 cm³/mol. The zero-order valence-corrected chi connectivity index (χ0v) is 18.1. The molecular weight excluding hydrogens is 398 g/mol. The van der Waals surface area contributed by atoms with E-state index in [4.69, 9.17) is 14.0 Å². The minimum Gasteiger partial charge on any atom is -0.497 e. The second-order valence-electron chi connectivity index (χ2n) is 8.04. The SMILES string of the molecule is COc1ccc(-c2noc(CN3CCC(C(=O)NCCN4CCOCC4)CC3)n2)cc1. The number of nitrogens with zero attached hydrogens (tertiary/aromatic N) is 4. The van der Waals surface area contributed by atoms with Gasteiger partial charge in [0.05, 0.1) is 26.9 Å². The highest BCUT2D eigenvalue weighted by molar-refractivity contribution is 5.78. The summed E-state index contributed by atoms with van der Waals surface area (Å²) in [5, 5.41) is 7.20. The van der Waals surface area contributed by atoms with E-state index >= 15 is 0 Å². The molecular formula is C22H31N5O4. The molecule has 31 heavy (non-hydrogen) atoms. The Kier molecular flexibility index (Phi) is 7.50. The van der Waals surface area contributed by atoms with Crippen LogP contribution >= 0.6 is 0 Å². The molecule has 9 heteroatoms. The predicted octanol–water partition coefficient (Wildman–Crippen LogP) is 1.41. The summed E-state index contributed by atoms with van der Waals surface area (Å²) in [4.78, 5) is 21.6. The van der Waals surface area contributed by atoms with Crippen LogP contribution in [0.4, 0.5) is 0 Å². The van der Waals surface area contributed by atoms with E-state index < -0.39 is 0 Å². The van der Waals surface area contributed by atoms with Gasteiger partial charge < -0.3 is 19.3 Å². The normalized spacial score (nSPS) is 18.7. The number of carbonyl (C=O) groups is 1. The summed E-state index contributed by atoms with van der Waals surface area (Å²) in [5.74, 6) is 2.22. The standard InChI is InChI=1S/C22H31N5O4/c1-29-19-4-2-17(3-5-19)21-24-20(31-25-21)16-27-9-6-18(7-10-27)22(28)23-8-11-26-12-14-30-15-13-26/h2-5,18H,6-16H2,1H3,(H,23,28). The highest BCUT2D eigenvalue weighted by Crippen LogP contribution is 2.22. The Morgan fingerprint density at radius 3 is 2.58 bits per heavy atom. The molecule has 0 saturated carbocycles. The molecule has 1 aromatic carbocycles. The first-order chi connectivity index (χ1) is 15.2. The van der Waals surface area contributed by atoms with Crippen molar-refractivity contribution in [3.63, 3.8) is 0 Å². The van der Waals surface area contributed by atoms with Crippen LogP contribution in [0, 0.1) is 5.92 Å². The number of methoxy groups -OCH3 is 1. The third-order valence-electron chi connectivity index (χ3n) is 5.96. The van der Waals surface area contributed by atoms with E-state index in [9.17, 15) is 4.79 Å². The molecule has 1 amide bonds. The highest BCUT2D eigenvalue weighted by atomic mass is 16.5. The van der Waals surface area contributed by atoms with Crippen LogP contribution in [0.3, 0.4) is 0 Å². The number of morpholine rings is 1. The number of likely N-dealkylation sites (tertiary alicyclic amines) is 1. The van der Waals surface area contributed by atoms with Crippen molar-refractivity contribution < 1.29 is 18.8 Å². The Morgan fingerprint density at radius 2 is 1.87 bits per heavy atom. The average molecular weight is 430 g/mol. The second kappa shape index (κ2) is 10.7. The second-order valence-corrected chi connectivity index (χ2v) is 8.04. The zero-order valence-electron chi connectivity index (χ0n) is 18.1. The lowest BCUT2D eigenvalue weighted by Gasteiger charge is -2.30. The van der Waals surface area contributed by atoms with Gasteiger partial charge in [-0.15, -0.1) is 0 Å². The first-order valence-electron chi connectivity index (χ1n) is 11.0. The third-order valence-corrected chi connectivity index (χ3v) is 5.96. The van der Waals surface area contributed by atoms with E-state index in [1.165, 1.54) is 0 Å². The summed E-state index contributed by atoms with van der Waals surface area (Å²) in [6.45, 7) is 7.37. The Labute approximate surface area is 182 Å². The molecule has 2 aliphatic rings. The van der Waals surface area contributed by atoms with Crippen molar-refractivity contribution in [2.75, 3.05) is 59.6 Å². The maximum atomic E-state index is 12.5. The molecule has 4 rings (SSSR count). The molecule has 2 aromatic rings. The van der Waals surface area contributed by atoms with Crippen LogP contribution in [0.25, 0.3) is 11.4 Å². The number of amides is 1. The van der Waals surface area contributed by atoms with E-state index in [1.54, 1.807) is 7.11 Å². The fourth-order valence-electron chi connectivity index (χ4n) is 4.03. The van der Waals surface area contributed by atoms with Gasteiger partial charge in [0.2, 0.25) is 17.6 Å². The van der Waals surface area contributed by atoms with E-state index in [2.05, 4.69) is 25.3 Å². The van der Waals surface area contributed by atoms with Crippen LogP contribution in [-0.4, -0.2) is 85.4 Å². The van der Waals surface area contributed by atoms with Gasteiger partial charge >= 0.3 is 0 Å². The lowest BCUT2D eigenvalue weighted by Crippen LogP contribution is -2.44. The minimum atomic E-state index is 0.0819. The highest BCUT2D eigenvalue weighted by Gasteiger charge is 2.26. The van der Waals surface area contributed by atoms with Crippen LogP contribution in [0.2, 0.25) is 0 Å². The Balaban J connectivity index is 1.18. The minimum absolute atomic E-state index is 0.0819. The Hall–Kier alpha value is -2.49. The van der Waals surface area contributed by atoms with Gasteiger partial charge in [-0.05, 0) is 50.2 Å². The lowest BCUT2D eigenvalue weighted by molar-refractivity contribution is -0.126. The largest absolute Gasteiger partial charge is 0.497 e. The number of nitrogens with one attached hydrogen (secondary N) is 1. The topological polar surface area (TPSA) is 93.0 Å². The van der Waals surface area contributed by atoms with Crippen LogP contribution in [-0.2, 0) is 16.1 Å². The van der Waals surface area contributed by atoms with Gasteiger partial charge in [-0.1, -0.05) is 5.16 Å². The third kappa shape index (κ3) is 6.03. The molecule has 1 aromatic heterocycles. The Morgan fingerprint density at radius 1 is 1.13 bits per heavy atom. The number of rotatable bonds is 8. The number of aromatic nitrogens is 2. The van der Waals surface area contributed by atoms with Crippen LogP contribution in [0.15, 0.2) is 28.8 Å². The van der Waals surface area contributed by atoms with E-state index in [1.807, 2.05) is 24.3 Å². The van der Waals surface area contributed by atoms with Crippen molar-refractivity contribution >= 4 is 5.91 Å². The lowest BCUT2D eigenvalue weighted by atomic mass is 9.96. The summed E-state index contributed by atoms with van der Waals surface area (Å²) >= 11 is 0. The molecule has 2 saturated heterocycles. The van der Waals surface area contributed by atoms with Gasteiger partial charge in [-0.25, -0.2) is 0 Å². The maximum absolute atomic E-state index is 12.5. The monoisotopic (exact) mass is 429 g/mol. The van der Waals surface area contributed by atoms with Gasteiger partial charge in [0, 0.05) is 37.7 Å². The molecule has 2 fully saturated rings. The van der Waals surface area contributed by atoms with Crippen LogP contribution < -0.4 is 10.1 Å². The number of hydrogen-bond donors (Lipinski definition) is 1. The number of benzene rings is 1. The van der Waals surface area contributed by atoms with Crippen molar-refractivity contribution in [1.29, 1.82) is 0 Å². The summed E-state index contributed by atoms with van der Waals surface area (Å²) in [7, 11) is 1.64. The summed E-state index contributed by atoms with van der Waals surface area (Å²) in [5.41, 5.74) is 0.892. The summed E-state index contributed by atoms with van der Waals surface area (Å²) in [6.07, 6.45) is 1.70.